The summed E-state index contributed by atoms with van der Waals surface area (Å²) in [5.41, 5.74) is 0.668. The van der Waals surface area contributed by atoms with Crippen molar-refractivity contribution in [3.63, 3.8) is 0 Å². The van der Waals surface area contributed by atoms with E-state index in [0.717, 1.165) is 11.2 Å². The number of methoxy groups -OCH3 is 1. The zero-order valence-corrected chi connectivity index (χ0v) is 14.6. The third-order valence-corrected chi connectivity index (χ3v) is 5.14. The molecule has 0 spiro atoms. The predicted molar refractivity (Wildman–Crippen MR) is 91.8 cm³/mol. The number of hydrogen-bond acceptors (Lipinski definition) is 6. The third kappa shape index (κ3) is 3.07. The second-order valence-corrected chi connectivity index (χ2v) is 6.44. The van der Waals surface area contributed by atoms with Crippen molar-refractivity contribution in [2.24, 2.45) is 5.92 Å². The van der Waals surface area contributed by atoms with Gasteiger partial charge in [-0.1, -0.05) is 26.2 Å². The van der Waals surface area contributed by atoms with Crippen LogP contribution in [0.25, 0.3) is 11.0 Å². The van der Waals surface area contributed by atoms with E-state index in [0.29, 0.717) is 17.6 Å². The van der Waals surface area contributed by atoms with E-state index in [1.807, 2.05) is 0 Å². The molecule has 0 N–H and O–H groups in total. The van der Waals surface area contributed by atoms with Crippen molar-refractivity contribution in [1.29, 1.82) is 0 Å². The Bertz CT molecular complexity index is 714. The summed E-state index contributed by atoms with van der Waals surface area (Å²) in [6, 6.07) is 0.491. The molecule has 2 atom stereocenters. The number of nitrogens with zero attached hydrogens (tertiary/aromatic N) is 5. The Balaban J connectivity index is 1.93. The first-order valence-electron chi connectivity index (χ1n) is 8.61. The first-order valence-corrected chi connectivity index (χ1v) is 8.61. The number of anilines is 1. The van der Waals surface area contributed by atoms with Crippen molar-refractivity contribution in [2.75, 3.05) is 19.1 Å². The van der Waals surface area contributed by atoms with Crippen LogP contribution in [0.1, 0.15) is 39.0 Å². The summed E-state index contributed by atoms with van der Waals surface area (Å²) in [7, 11) is 3.48. The molecule has 2 unspecified atom stereocenters. The molecule has 0 bridgehead atoms. The molecule has 0 amide bonds. The van der Waals surface area contributed by atoms with Gasteiger partial charge in [0.25, 0.3) is 0 Å². The zero-order chi connectivity index (χ0) is 17.1. The van der Waals surface area contributed by atoms with Crippen LogP contribution in [0.5, 0.6) is 0 Å². The van der Waals surface area contributed by atoms with Gasteiger partial charge in [-0.3, -0.25) is 4.79 Å². The fourth-order valence-corrected chi connectivity index (χ4v) is 3.80. The van der Waals surface area contributed by atoms with Crippen molar-refractivity contribution in [2.45, 2.75) is 51.6 Å². The van der Waals surface area contributed by atoms with Crippen molar-refractivity contribution in [3.8, 4) is 0 Å². The van der Waals surface area contributed by atoms with Crippen molar-refractivity contribution in [3.05, 3.63) is 12.5 Å². The van der Waals surface area contributed by atoms with Crippen LogP contribution in [-0.4, -0.2) is 45.9 Å². The maximum absolute atomic E-state index is 11.5. The van der Waals surface area contributed by atoms with Crippen LogP contribution in [0, 0.1) is 5.92 Å². The van der Waals surface area contributed by atoms with Crippen LogP contribution >= 0.6 is 0 Å². The van der Waals surface area contributed by atoms with Gasteiger partial charge in [0.05, 0.1) is 18.7 Å². The second kappa shape index (κ2) is 7.15. The summed E-state index contributed by atoms with van der Waals surface area (Å²) in [5.74, 6) is 1.24. The number of hydrogen-bond donors (Lipinski definition) is 0. The molecule has 1 saturated carbocycles. The lowest BCUT2D eigenvalue weighted by Crippen LogP contribution is -2.40. The van der Waals surface area contributed by atoms with Crippen LogP contribution < -0.4 is 4.90 Å². The lowest BCUT2D eigenvalue weighted by molar-refractivity contribution is -0.141. The highest BCUT2D eigenvalue weighted by Gasteiger charge is 2.29. The van der Waals surface area contributed by atoms with Gasteiger partial charge in [0.2, 0.25) is 0 Å². The van der Waals surface area contributed by atoms with E-state index in [1.54, 1.807) is 17.2 Å². The highest BCUT2D eigenvalue weighted by atomic mass is 16.5. The Morgan fingerprint density at radius 3 is 2.92 bits per heavy atom. The van der Waals surface area contributed by atoms with Gasteiger partial charge in [-0.25, -0.2) is 14.6 Å². The normalized spacial score (nSPS) is 21.0. The van der Waals surface area contributed by atoms with E-state index >= 15 is 0 Å². The standard InChI is InChI=1S/C17H25N5O2/c1-4-12-7-5-6-8-14(12)21(2)16-13-9-20-22(10-15(23)24-3)17(13)19-11-18-16/h9,11-12,14H,4-8,10H2,1-3H3. The van der Waals surface area contributed by atoms with Crippen LogP contribution in [0.4, 0.5) is 5.82 Å². The van der Waals surface area contributed by atoms with Gasteiger partial charge >= 0.3 is 5.97 Å². The smallest absolute Gasteiger partial charge is 0.327 e. The minimum absolute atomic E-state index is 0.0567. The Morgan fingerprint density at radius 2 is 2.17 bits per heavy atom. The van der Waals surface area contributed by atoms with Crippen molar-refractivity contribution < 1.29 is 9.53 Å². The number of carbonyl (C=O) groups excluding carboxylic acids is 1. The fourth-order valence-electron chi connectivity index (χ4n) is 3.80. The molecule has 2 heterocycles. The molecule has 2 aromatic rings. The molecule has 2 aromatic heterocycles. The SMILES string of the molecule is CCC1CCCCC1N(C)c1ncnc2c1cnn2CC(=O)OC. The van der Waals surface area contributed by atoms with Crippen LogP contribution in [0.3, 0.4) is 0 Å². The molecule has 0 saturated heterocycles. The van der Waals surface area contributed by atoms with Crippen molar-refractivity contribution >= 4 is 22.8 Å². The number of carbonyl (C=O) groups is 1. The maximum Gasteiger partial charge on any atom is 0.327 e. The number of fused-ring (bicyclic) bond motifs is 1. The minimum atomic E-state index is -0.341. The molecule has 24 heavy (non-hydrogen) atoms. The summed E-state index contributed by atoms with van der Waals surface area (Å²) in [6.45, 7) is 2.32. The Kier molecular flexibility index (Phi) is 4.97. The Labute approximate surface area is 142 Å². The lowest BCUT2D eigenvalue weighted by atomic mass is 9.82. The summed E-state index contributed by atoms with van der Waals surface area (Å²) < 4.78 is 6.29. The molecule has 0 aromatic carbocycles. The number of rotatable bonds is 5. The zero-order valence-electron chi connectivity index (χ0n) is 14.6. The third-order valence-electron chi connectivity index (χ3n) is 5.14. The Hall–Kier alpha value is -2.18. The minimum Gasteiger partial charge on any atom is -0.468 e. The van der Waals surface area contributed by atoms with E-state index in [2.05, 4.69) is 33.9 Å². The topological polar surface area (TPSA) is 73.1 Å². The molecule has 3 rings (SSSR count). The fraction of sp³-hybridized carbons (Fsp3) is 0.647. The average Bonchev–Trinajstić information content (AvgIpc) is 3.03. The van der Waals surface area contributed by atoms with Crippen LogP contribution in [0.2, 0.25) is 0 Å². The molecule has 7 nitrogen and oxygen atoms in total. The molecule has 1 aliphatic carbocycles. The van der Waals surface area contributed by atoms with Gasteiger partial charge in [0, 0.05) is 13.1 Å². The van der Waals surface area contributed by atoms with E-state index < -0.39 is 0 Å². The largest absolute Gasteiger partial charge is 0.468 e. The first-order chi connectivity index (χ1) is 11.7. The molecule has 130 valence electrons. The highest BCUT2D eigenvalue weighted by Crippen LogP contribution is 2.33. The van der Waals surface area contributed by atoms with Crippen molar-refractivity contribution in [1.82, 2.24) is 19.7 Å². The van der Waals surface area contributed by atoms with Crippen LogP contribution in [-0.2, 0) is 16.1 Å². The molecule has 0 radical (unpaired) electrons. The van der Waals surface area contributed by atoms with Crippen LogP contribution in [0.15, 0.2) is 12.5 Å². The average molecular weight is 331 g/mol. The van der Waals surface area contributed by atoms with E-state index in [1.165, 1.54) is 39.2 Å². The van der Waals surface area contributed by atoms with Gasteiger partial charge < -0.3 is 9.64 Å². The van der Waals surface area contributed by atoms with Gasteiger partial charge in [0.15, 0.2) is 5.65 Å². The quantitative estimate of drug-likeness (QED) is 0.783. The summed E-state index contributed by atoms with van der Waals surface area (Å²) >= 11 is 0. The number of ether oxygens (including phenoxy) is 1. The number of aromatic nitrogens is 4. The Morgan fingerprint density at radius 1 is 1.38 bits per heavy atom. The molecule has 0 aliphatic heterocycles. The van der Waals surface area contributed by atoms with Gasteiger partial charge in [-0.2, -0.15) is 5.10 Å². The summed E-state index contributed by atoms with van der Waals surface area (Å²) in [4.78, 5) is 22.6. The maximum atomic E-state index is 11.5. The predicted octanol–water partition coefficient (Wildman–Crippen LogP) is 2.40. The monoisotopic (exact) mass is 331 g/mol. The second-order valence-electron chi connectivity index (χ2n) is 6.44. The molecule has 1 aliphatic rings. The first kappa shape index (κ1) is 16.7. The molecular weight excluding hydrogens is 306 g/mol. The van der Waals surface area contributed by atoms with E-state index in [9.17, 15) is 4.79 Å². The van der Waals surface area contributed by atoms with E-state index in [4.69, 9.17) is 4.74 Å². The van der Waals surface area contributed by atoms with Gasteiger partial charge in [-0.05, 0) is 18.8 Å². The van der Waals surface area contributed by atoms with Gasteiger partial charge in [-0.15, -0.1) is 0 Å². The highest BCUT2D eigenvalue weighted by molar-refractivity contribution is 5.87. The lowest BCUT2D eigenvalue weighted by Gasteiger charge is -2.38. The van der Waals surface area contributed by atoms with Gasteiger partial charge in [0.1, 0.15) is 18.7 Å². The molecule has 1 fully saturated rings. The van der Waals surface area contributed by atoms with E-state index in [-0.39, 0.29) is 12.5 Å². The summed E-state index contributed by atoms with van der Waals surface area (Å²) in [6.07, 6.45) is 9.53. The molecular formula is C17H25N5O2. The number of esters is 1. The molecule has 7 heteroatoms. The summed E-state index contributed by atoms with van der Waals surface area (Å²) in [5, 5.41) is 5.18.